The summed E-state index contributed by atoms with van der Waals surface area (Å²) < 4.78 is 13.2. The molecule has 0 N–H and O–H groups in total. The monoisotopic (exact) mass is 423 g/mol. The first-order valence-electron chi connectivity index (χ1n) is 11.3. The van der Waals surface area contributed by atoms with Crippen molar-refractivity contribution < 1.29 is 4.39 Å². The lowest BCUT2D eigenvalue weighted by Gasteiger charge is -2.24. The van der Waals surface area contributed by atoms with Crippen molar-refractivity contribution in [3.8, 4) is 11.1 Å². The fourth-order valence-corrected chi connectivity index (χ4v) is 4.09. The Labute approximate surface area is 191 Å². The molecule has 0 spiro atoms. The second-order valence-corrected chi connectivity index (χ2v) is 8.50. The minimum Gasteiger partial charge on any atom is -0.295 e. The van der Waals surface area contributed by atoms with Gasteiger partial charge >= 0.3 is 0 Å². The third-order valence-corrected chi connectivity index (χ3v) is 6.03. The van der Waals surface area contributed by atoms with Gasteiger partial charge in [-0.2, -0.15) is 0 Å². The number of nitrogens with zero attached hydrogens (tertiary/aromatic N) is 1. The molecule has 1 unspecified atom stereocenters. The number of halogens is 1. The van der Waals surface area contributed by atoms with E-state index in [4.69, 9.17) is 0 Å². The molecule has 162 valence electrons. The average Bonchev–Trinajstić information content (AvgIpc) is 2.84. The molecule has 0 aliphatic rings. The van der Waals surface area contributed by atoms with E-state index in [0.717, 1.165) is 37.2 Å². The molecule has 4 rings (SSSR count). The molecule has 2 heteroatoms. The number of hydrogen-bond acceptors (Lipinski definition) is 1. The lowest BCUT2D eigenvalue weighted by atomic mass is 9.95. The highest BCUT2D eigenvalue weighted by molar-refractivity contribution is 5.63. The minimum absolute atomic E-state index is 0.199. The van der Waals surface area contributed by atoms with Gasteiger partial charge in [0.25, 0.3) is 0 Å². The predicted octanol–water partition coefficient (Wildman–Crippen LogP) is 7.69. The van der Waals surface area contributed by atoms with Crippen LogP contribution in [0.1, 0.15) is 36.0 Å². The third-order valence-electron chi connectivity index (χ3n) is 6.03. The van der Waals surface area contributed by atoms with Gasteiger partial charge in [-0.05, 0) is 58.8 Å². The summed E-state index contributed by atoms with van der Waals surface area (Å²) in [6.45, 7) is 5.23. The van der Waals surface area contributed by atoms with E-state index in [1.165, 1.54) is 28.8 Å². The maximum atomic E-state index is 13.2. The maximum absolute atomic E-state index is 13.2. The van der Waals surface area contributed by atoms with Crippen LogP contribution in [0.5, 0.6) is 0 Å². The average molecular weight is 424 g/mol. The van der Waals surface area contributed by atoms with Gasteiger partial charge in [-0.15, -0.1) is 0 Å². The van der Waals surface area contributed by atoms with E-state index in [2.05, 4.69) is 96.8 Å². The Morgan fingerprint density at radius 3 is 1.59 bits per heavy atom. The standard InChI is InChI=1S/C30H30FN/c1-24(27-12-14-28(15-13-27)29-16-18-30(31)19-17-29)20-21-32(22-25-8-4-2-5-9-25)23-26-10-6-3-7-11-26/h2-19,24H,20-23H2,1H3. The van der Waals surface area contributed by atoms with Crippen molar-refractivity contribution in [1.82, 2.24) is 4.90 Å². The number of benzene rings is 4. The summed E-state index contributed by atoms with van der Waals surface area (Å²) in [6, 6.07) is 36.8. The van der Waals surface area contributed by atoms with Crippen molar-refractivity contribution in [2.75, 3.05) is 6.54 Å². The van der Waals surface area contributed by atoms with Gasteiger partial charge in [-0.3, -0.25) is 4.90 Å². The molecule has 0 saturated carbocycles. The summed E-state index contributed by atoms with van der Waals surface area (Å²) in [5.74, 6) is 0.265. The predicted molar refractivity (Wildman–Crippen MR) is 132 cm³/mol. The van der Waals surface area contributed by atoms with Crippen molar-refractivity contribution in [2.24, 2.45) is 0 Å². The highest BCUT2D eigenvalue weighted by Gasteiger charge is 2.12. The molecule has 0 amide bonds. The number of hydrogen-bond donors (Lipinski definition) is 0. The molecule has 0 saturated heterocycles. The Bertz CT molecular complexity index is 1030. The number of rotatable bonds is 9. The summed E-state index contributed by atoms with van der Waals surface area (Å²) in [5.41, 5.74) is 6.20. The maximum Gasteiger partial charge on any atom is 0.123 e. The first-order valence-corrected chi connectivity index (χ1v) is 11.3. The van der Waals surface area contributed by atoms with Gasteiger partial charge in [0.05, 0.1) is 0 Å². The van der Waals surface area contributed by atoms with Gasteiger partial charge in [0.2, 0.25) is 0 Å². The van der Waals surface area contributed by atoms with Crippen LogP contribution in [0.15, 0.2) is 109 Å². The SMILES string of the molecule is CC(CCN(Cc1ccccc1)Cc1ccccc1)c1ccc(-c2ccc(F)cc2)cc1. The Morgan fingerprint density at radius 2 is 1.09 bits per heavy atom. The lowest BCUT2D eigenvalue weighted by Crippen LogP contribution is -2.25. The Hall–Kier alpha value is -3.23. The largest absolute Gasteiger partial charge is 0.295 e. The summed E-state index contributed by atoms with van der Waals surface area (Å²) in [7, 11) is 0. The van der Waals surface area contributed by atoms with E-state index < -0.39 is 0 Å². The molecule has 32 heavy (non-hydrogen) atoms. The van der Waals surface area contributed by atoms with Crippen LogP contribution in [0.4, 0.5) is 4.39 Å². The van der Waals surface area contributed by atoms with Crippen LogP contribution < -0.4 is 0 Å². The normalized spacial score (nSPS) is 12.1. The summed E-state index contributed by atoms with van der Waals surface area (Å²) in [6.07, 6.45) is 1.09. The van der Waals surface area contributed by atoms with Crippen LogP contribution in [0, 0.1) is 5.82 Å². The van der Waals surface area contributed by atoms with E-state index in [1.807, 2.05) is 12.1 Å². The van der Waals surface area contributed by atoms with Gasteiger partial charge in [-0.25, -0.2) is 4.39 Å². The molecule has 1 atom stereocenters. The molecule has 0 aromatic heterocycles. The van der Waals surface area contributed by atoms with Gasteiger partial charge < -0.3 is 0 Å². The zero-order valence-electron chi connectivity index (χ0n) is 18.6. The molecule has 0 radical (unpaired) electrons. The van der Waals surface area contributed by atoms with Crippen molar-refractivity contribution in [3.63, 3.8) is 0 Å². The molecule has 0 bridgehead atoms. The second kappa shape index (κ2) is 10.9. The van der Waals surface area contributed by atoms with Crippen LogP contribution in [-0.2, 0) is 13.1 Å². The van der Waals surface area contributed by atoms with Gasteiger partial charge in [-0.1, -0.05) is 104 Å². The van der Waals surface area contributed by atoms with Crippen molar-refractivity contribution in [2.45, 2.75) is 32.4 Å². The smallest absolute Gasteiger partial charge is 0.123 e. The van der Waals surface area contributed by atoms with E-state index >= 15 is 0 Å². The van der Waals surface area contributed by atoms with E-state index in [0.29, 0.717) is 5.92 Å². The first kappa shape index (κ1) is 22.0. The zero-order chi connectivity index (χ0) is 22.2. The summed E-state index contributed by atoms with van der Waals surface area (Å²) in [4.78, 5) is 2.54. The quantitative estimate of drug-likeness (QED) is 0.267. The van der Waals surface area contributed by atoms with E-state index in [1.54, 1.807) is 0 Å². The summed E-state index contributed by atoms with van der Waals surface area (Å²) in [5, 5.41) is 0. The lowest BCUT2D eigenvalue weighted by molar-refractivity contribution is 0.247. The Morgan fingerprint density at radius 1 is 0.625 bits per heavy atom. The van der Waals surface area contributed by atoms with Crippen LogP contribution >= 0.6 is 0 Å². The zero-order valence-corrected chi connectivity index (χ0v) is 18.6. The van der Waals surface area contributed by atoms with Crippen LogP contribution in [0.3, 0.4) is 0 Å². The van der Waals surface area contributed by atoms with Crippen molar-refractivity contribution in [3.05, 3.63) is 132 Å². The topological polar surface area (TPSA) is 3.24 Å². The second-order valence-electron chi connectivity index (χ2n) is 8.50. The van der Waals surface area contributed by atoms with Crippen LogP contribution in [0.2, 0.25) is 0 Å². The molecule has 1 nitrogen and oxygen atoms in total. The van der Waals surface area contributed by atoms with Gasteiger partial charge in [0.1, 0.15) is 5.82 Å². The molecule has 4 aromatic rings. The molecule has 0 aliphatic carbocycles. The molecular weight excluding hydrogens is 393 g/mol. The van der Waals surface area contributed by atoms with Crippen molar-refractivity contribution in [1.29, 1.82) is 0 Å². The molecule has 0 aliphatic heterocycles. The molecule has 0 heterocycles. The Balaban J connectivity index is 1.40. The van der Waals surface area contributed by atoms with Gasteiger partial charge in [0.15, 0.2) is 0 Å². The van der Waals surface area contributed by atoms with Crippen LogP contribution in [0.25, 0.3) is 11.1 Å². The third kappa shape index (κ3) is 6.15. The van der Waals surface area contributed by atoms with E-state index in [9.17, 15) is 4.39 Å². The highest BCUT2D eigenvalue weighted by atomic mass is 19.1. The van der Waals surface area contributed by atoms with Crippen molar-refractivity contribution >= 4 is 0 Å². The minimum atomic E-state index is -0.199. The molecule has 4 aromatic carbocycles. The van der Waals surface area contributed by atoms with Crippen LogP contribution in [-0.4, -0.2) is 11.4 Å². The summed E-state index contributed by atoms with van der Waals surface area (Å²) >= 11 is 0. The van der Waals surface area contributed by atoms with Gasteiger partial charge in [0, 0.05) is 13.1 Å². The fourth-order valence-electron chi connectivity index (χ4n) is 4.09. The molecule has 0 fully saturated rings. The van der Waals surface area contributed by atoms with E-state index in [-0.39, 0.29) is 5.82 Å². The molecular formula is C30H30FN. The highest BCUT2D eigenvalue weighted by Crippen LogP contribution is 2.25. The fraction of sp³-hybridized carbons (Fsp3) is 0.200. The Kier molecular flexibility index (Phi) is 7.47. The first-order chi connectivity index (χ1) is 15.7.